The van der Waals surface area contributed by atoms with Gasteiger partial charge in [-0.1, -0.05) is 12.1 Å². The first-order chi connectivity index (χ1) is 16.5. The molecule has 2 aromatic rings. The Bertz CT molecular complexity index is 948. The van der Waals surface area contributed by atoms with Gasteiger partial charge in [0, 0.05) is 30.6 Å². The van der Waals surface area contributed by atoms with Crippen molar-refractivity contribution in [2.75, 3.05) is 26.8 Å². The largest absolute Gasteiger partial charge is 0.494 e. The second-order valence-corrected chi connectivity index (χ2v) is 8.59. The number of benzene rings is 2. The van der Waals surface area contributed by atoms with E-state index in [0.717, 1.165) is 31.4 Å². The van der Waals surface area contributed by atoms with Crippen molar-refractivity contribution < 1.29 is 23.9 Å². The fraction of sp³-hybridized carbons (Fsp3) is 0.444. The van der Waals surface area contributed by atoms with Crippen molar-refractivity contribution >= 4 is 17.8 Å². The van der Waals surface area contributed by atoms with E-state index in [2.05, 4.69) is 10.6 Å². The van der Waals surface area contributed by atoms with E-state index in [1.54, 1.807) is 24.3 Å². The number of methoxy groups -OCH3 is 1. The molecule has 3 rings (SSSR count). The minimum Gasteiger partial charge on any atom is -0.494 e. The SMILES string of the molecule is CCOc1ccc(C(=O)NCCNC(=O)c2ccc([C@H]3CC[C@H](CC(=O)OC)CC3)cc2)cc1. The summed E-state index contributed by atoms with van der Waals surface area (Å²) in [6.45, 7) is 3.16. The Morgan fingerprint density at radius 3 is 1.85 bits per heavy atom. The van der Waals surface area contributed by atoms with E-state index in [0.29, 0.717) is 49.1 Å². The molecule has 34 heavy (non-hydrogen) atoms. The van der Waals surface area contributed by atoms with Gasteiger partial charge in [0.05, 0.1) is 13.7 Å². The molecule has 2 aromatic carbocycles. The normalized spacial score (nSPS) is 17.5. The molecule has 7 heteroatoms. The molecule has 2 N–H and O–H groups in total. The van der Waals surface area contributed by atoms with Crippen LogP contribution in [0.1, 0.15) is 71.2 Å². The minimum atomic E-state index is -0.192. The number of hydrogen-bond donors (Lipinski definition) is 2. The van der Waals surface area contributed by atoms with Crippen LogP contribution in [0.4, 0.5) is 0 Å². The van der Waals surface area contributed by atoms with Gasteiger partial charge in [-0.2, -0.15) is 0 Å². The Labute approximate surface area is 201 Å². The Morgan fingerprint density at radius 2 is 1.35 bits per heavy atom. The number of ether oxygens (including phenoxy) is 2. The van der Waals surface area contributed by atoms with Crippen LogP contribution in [0.2, 0.25) is 0 Å². The van der Waals surface area contributed by atoms with Crippen molar-refractivity contribution in [3.05, 3.63) is 65.2 Å². The molecule has 0 heterocycles. The summed E-state index contributed by atoms with van der Waals surface area (Å²) in [4.78, 5) is 36.1. The van der Waals surface area contributed by atoms with Crippen LogP contribution in [0.15, 0.2) is 48.5 Å². The van der Waals surface area contributed by atoms with Gasteiger partial charge >= 0.3 is 5.97 Å². The number of hydrogen-bond acceptors (Lipinski definition) is 5. The predicted molar refractivity (Wildman–Crippen MR) is 130 cm³/mol. The van der Waals surface area contributed by atoms with Crippen molar-refractivity contribution in [3.8, 4) is 5.75 Å². The molecule has 0 atom stereocenters. The molecular formula is C27H34N2O5. The van der Waals surface area contributed by atoms with Gasteiger partial charge in [-0.05, 0) is 86.4 Å². The van der Waals surface area contributed by atoms with Crippen molar-refractivity contribution in [3.63, 3.8) is 0 Å². The molecule has 0 radical (unpaired) electrons. The molecule has 7 nitrogen and oxygen atoms in total. The van der Waals surface area contributed by atoms with E-state index in [9.17, 15) is 14.4 Å². The number of amides is 2. The molecular weight excluding hydrogens is 432 g/mol. The average Bonchev–Trinajstić information content (AvgIpc) is 2.87. The molecule has 0 aliphatic heterocycles. The molecule has 0 unspecified atom stereocenters. The summed E-state index contributed by atoms with van der Waals surface area (Å²) in [5, 5.41) is 5.65. The van der Waals surface area contributed by atoms with Gasteiger partial charge in [0.15, 0.2) is 0 Å². The van der Waals surface area contributed by atoms with Gasteiger partial charge in [0.1, 0.15) is 5.75 Å². The molecule has 1 aliphatic carbocycles. The number of esters is 1. The van der Waals surface area contributed by atoms with Crippen LogP contribution in [-0.2, 0) is 9.53 Å². The van der Waals surface area contributed by atoms with Crippen LogP contribution in [0.3, 0.4) is 0 Å². The van der Waals surface area contributed by atoms with Crippen LogP contribution >= 0.6 is 0 Å². The molecule has 1 saturated carbocycles. The van der Waals surface area contributed by atoms with Gasteiger partial charge in [-0.15, -0.1) is 0 Å². The Kier molecular flexibility index (Phi) is 9.50. The van der Waals surface area contributed by atoms with E-state index in [1.165, 1.54) is 12.7 Å². The fourth-order valence-electron chi connectivity index (χ4n) is 4.35. The summed E-state index contributed by atoms with van der Waals surface area (Å²) >= 11 is 0. The first-order valence-electron chi connectivity index (χ1n) is 12.0. The van der Waals surface area contributed by atoms with E-state index >= 15 is 0 Å². The summed E-state index contributed by atoms with van der Waals surface area (Å²) in [6.07, 6.45) is 4.63. The molecule has 2 amide bonds. The zero-order valence-electron chi connectivity index (χ0n) is 20.0. The lowest BCUT2D eigenvalue weighted by molar-refractivity contribution is -0.142. The van der Waals surface area contributed by atoms with E-state index in [-0.39, 0.29) is 17.8 Å². The summed E-state index contributed by atoms with van der Waals surface area (Å²) in [6, 6.07) is 14.7. The second kappa shape index (κ2) is 12.8. The van der Waals surface area contributed by atoms with Gasteiger partial charge in [0.25, 0.3) is 11.8 Å². The number of nitrogens with one attached hydrogen (secondary N) is 2. The minimum absolute atomic E-state index is 0.130. The molecule has 0 aromatic heterocycles. The van der Waals surface area contributed by atoms with E-state index < -0.39 is 0 Å². The zero-order chi connectivity index (χ0) is 24.3. The standard InChI is InChI=1S/C27H34N2O5/c1-3-34-24-14-12-23(13-15-24)27(32)29-17-16-28-26(31)22-10-8-21(9-11-22)20-6-4-19(5-7-20)18-25(30)33-2/h8-15,19-20H,3-7,16-18H2,1-2H3,(H,28,31)(H,29,32)/t19-,20-. The molecule has 0 spiro atoms. The Balaban J connectivity index is 1.38. The van der Waals surface area contributed by atoms with Crippen LogP contribution in [0, 0.1) is 5.92 Å². The number of carbonyl (C=O) groups is 3. The van der Waals surface area contributed by atoms with Crippen LogP contribution < -0.4 is 15.4 Å². The molecule has 1 fully saturated rings. The summed E-state index contributed by atoms with van der Waals surface area (Å²) in [5.74, 6) is 1.11. The van der Waals surface area contributed by atoms with Crippen molar-refractivity contribution in [2.45, 2.75) is 44.9 Å². The molecule has 0 saturated heterocycles. The first kappa shape index (κ1) is 25.3. The quantitative estimate of drug-likeness (QED) is 0.406. The zero-order valence-corrected chi connectivity index (χ0v) is 20.0. The summed E-state index contributed by atoms with van der Waals surface area (Å²) in [5.41, 5.74) is 2.38. The van der Waals surface area contributed by atoms with Crippen molar-refractivity contribution in [2.24, 2.45) is 5.92 Å². The average molecular weight is 467 g/mol. The highest BCUT2D eigenvalue weighted by Gasteiger charge is 2.24. The monoisotopic (exact) mass is 466 g/mol. The van der Waals surface area contributed by atoms with Gasteiger partial charge < -0.3 is 20.1 Å². The van der Waals surface area contributed by atoms with Crippen molar-refractivity contribution in [1.29, 1.82) is 0 Å². The van der Waals surface area contributed by atoms with Crippen LogP contribution in [0.5, 0.6) is 5.75 Å². The highest BCUT2D eigenvalue weighted by atomic mass is 16.5. The molecule has 0 bridgehead atoms. The predicted octanol–water partition coefficient (Wildman–Crippen LogP) is 4.08. The van der Waals surface area contributed by atoms with E-state index in [4.69, 9.17) is 9.47 Å². The molecule has 182 valence electrons. The van der Waals surface area contributed by atoms with Gasteiger partial charge in [0.2, 0.25) is 0 Å². The third-order valence-electron chi connectivity index (χ3n) is 6.30. The van der Waals surface area contributed by atoms with Crippen LogP contribution in [0.25, 0.3) is 0 Å². The Hall–Kier alpha value is -3.35. The lowest BCUT2D eigenvalue weighted by Gasteiger charge is -2.28. The maximum absolute atomic E-state index is 12.4. The fourth-order valence-corrected chi connectivity index (χ4v) is 4.35. The third-order valence-corrected chi connectivity index (χ3v) is 6.30. The summed E-state index contributed by atoms with van der Waals surface area (Å²) in [7, 11) is 1.44. The molecule has 1 aliphatic rings. The van der Waals surface area contributed by atoms with Crippen molar-refractivity contribution in [1.82, 2.24) is 10.6 Å². The number of rotatable bonds is 10. The lowest BCUT2D eigenvalue weighted by atomic mass is 9.77. The second-order valence-electron chi connectivity index (χ2n) is 8.59. The lowest BCUT2D eigenvalue weighted by Crippen LogP contribution is -2.34. The smallest absolute Gasteiger partial charge is 0.305 e. The summed E-state index contributed by atoms with van der Waals surface area (Å²) < 4.78 is 10.2. The van der Waals surface area contributed by atoms with Gasteiger partial charge in [-0.3, -0.25) is 14.4 Å². The first-order valence-corrected chi connectivity index (χ1v) is 12.0. The maximum Gasteiger partial charge on any atom is 0.305 e. The van der Waals surface area contributed by atoms with Crippen LogP contribution in [-0.4, -0.2) is 44.6 Å². The highest BCUT2D eigenvalue weighted by Crippen LogP contribution is 2.37. The highest BCUT2D eigenvalue weighted by molar-refractivity contribution is 5.95. The van der Waals surface area contributed by atoms with Gasteiger partial charge in [-0.25, -0.2) is 0 Å². The van der Waals surface area contributed by atoms with E-state index in [1.807, 2.05) is 31.2 Å². The number of carbonyl (C=O) groups excluding carboxylic acids is 3. The maximum atomic E-state index is 12.4. The third kappa shape index (κ3) is 7.33. The topological polar surface area (TPSA) is 93.7 Å². The Morgan fingerprint density at radius 1 is 0.824 bits per heavy atom.